The van der Waals surface area contributed by atoms with Crippen LogP contribution in [0.3, 0.4) is 0 Å². The van der Waals surface area contributed by atoms with Gasteiger partial charge in [-0.05, 0) is 25.3 Å². The lowest BCUT2D eigenvalue weighted by Gasteiger charge is -2.13. The van der Waals surface area contributed by atoms with Gasteiger partial charge in [-0.2, -0.15) is 0 Å². The van der Waals surface area contributed by atoms with Gasteiger partial charge < -0.3 is 10.3 Å². The van der Waals surface area contributed by atoms with Crippen molar-refractivity contribution >= 4 is 45.2 Å². The number of hydrogen-bond acceptors (Lipinski definition) is 6. The van der Waals surface area contributed by atoms with Gasteiger partial charge in [0.25, 0.3) is 5.56 Å². The van der Waals surface area contributed by atoms with Crippen LogP contribution in [0.1, 0.15) is 26.0 Å². The van der Waals surface area contributed by atoms with E-state index in [2.05, 4.69) is 34.1 Å². The number of nitrogens with zero attached hydrogens (tertiary/aromatic N) is 3. The van der Waals surface area contributed by atoms with Gasteiger partial charge in [0.1, 0.15) is 5.52 Å². The standard InChI is InChI=1S/C17H21N5O2S2/c1-10(2)4-6-22-15(24)14-12(8-11(3)19-14)20-17(22)26-9-13(23)21-16-18-5-7-25-16/h5,7-8,10,19H,4,6,9H2,1-3H3,(H,18,21,23). The van der Waals surface area contributed by atoms with Gasteiger partial charge in [-0.1, -0.05) is 25.6 Å². The van der Waals surface area contributed by atoms with E-state index in [4.69, 9.17) is 0 Å². The van der Waals surface area contributed by atoms with Crippen molar-refractivity contribution in [2.24, 2.45) is 5.92 Å². The minimum Gasteiger partial charge on any atom is -0.353 e. The Morgan fingerprint density at radius 3 is 2.96 bits per heavy atom. The van der Waals surface area contributed by atoms with Crippen LogP contribution in [0.15, 0.2) is 27.6 Å². The summed E-state index contributed by atoms with van der Waals surface area (Å²) in [6.07, 6.45) is 2.51. The highest BCUT2D eigenvalue weighted by atomic mass is 32.2. The number of thiazole rings is 1. The zero-order valence-electron chi connectivity index (χ0n) is 14.9. The molecule has 0 fully saturated rings. The Kier molecular flexibility index (Phi) is 5.77. The summed E-state index contributed by atoms with van der Waals surface area (Å²) in [6, 6.07) is 1.85. The molecule has 0 saturated carbocycles. The van der Waals surface area contributed by atoms with Crippen LogP contribution in [0.25, 0.3) is 11.0 Å². The van der Waals surface area contributed by atoms with Gasteiger partial charge in [-0.25, -0.2) is 9.97 Å². The summed E-state index contributed by atoms with van der Waals surface area (Å²) >= 11 is 2.64. The molecule has 138 valence electrons. The predicted molar refractivity (Wildman–Crippen MR) is 106 cm³/mol. The average molecular weight is 392 g/mol. The topological polar surface area (TPSA) is 92.7 Å². The monoisotopic (exact) mass is 391 g/mol. The lowest BCUT2D eigenvalue weighted by atomic mass is 10.1. The largest absolute Gasteiger partial charge is 0.353 e. The molecule has 7 nitrogen and oxygen atoms in total. The number of aromatic amines is 1. The molecule has 0 aliphatic rings. The van der Waals surface area contributed by atoms with Crippen LogP contribution in [0.2, 0.25) is 0 Å². The van der Waals surface area contributed by atoms with Crippen molar-refractivity contribution in [1.82, 2.24) is 19.5 Å². The summed E-state index contributed by atoms with van der Waals surface area (Å²) in [5.41, 5.74) is 1.95. The number of H-pyrrole nitrogens is 1. The molecule has 3 heterocycles. The van der Waals surface area contributed by atoms with E-state index in [0.717, 1.165) is 12.1 Å². The third-order valence-electron chi connectivity index (χ3n) is 3.78. The molecule has 3 rings (SSSR count). The second-order valence-electron chi connectivity index (χ2n) is 6.42. The fourth-order valence-electron chi connectivity index (χ4n) is 2.48. The predicted octanol–water partition coefficient (Wildman–Crippen LogP) is 3.27. The number of carbonyl (C=O) groups excluding carboxylic acids is 1. The molecule has 0 saturated heterocycles. The maximum absolute atomic E-state index is 12.8. The van der Waals surface area contributed by atoms with Crippen molar-refractivity contribution in [3.8, 4) is 0 Å². The number of carbonyl (C=O) groups is 1. The number of thioether (sulfide) groups is 1. The van der Waals surface area contributed by atoms with Gasteiger partial charge in [0.2, 0.25) is 5.91 Å². The molecule has 0 aliphatic carbocycles. The van der Waals surface area contributed by atoms with Crippen molar-refractivity contribution in [3.63, 3.8) is 0 Å². The Hall–Kier alpha value is -2.13. The van der Waals surface area contributed by atoms with E-state index in [-0.39, 0.29) is 17.2 Å². The maximum Gasteiger partial charge on any atom is 0.278 e. The Morgan fingerprint density at radius 1 is 1.46 bits per heavy atom. The molecule has 0 spiro atoms. The van der Waals surface area contributed by atoms with Gasteiger partial charge in [-0.15, -0.1) is 11.3 Å². The van der Waals surface area contributed by atoms with E-state index in [1.165, 1.54) is 23.1 Å². The molecule has 0 radical (unpaired) electrons. The average Bonchev–Trinajstić information content (AvgIpc) is 3.21. The van der Waals surface area contributed by atoms with Crippen molar-refractivity contribution in [2.45, 2.75) is 38.9 Å². The lowest BCUT2D eigenvalue weighted by Crippen LogP contribution is -2.25. The fourth-order valence-corrected chi connectivity index (χ4v) is 3.85. The molecule has 3 aromatic rings. The van der Waals surface area contributed by atoms with E-state index in [9.17, 15) is 9.59 Å². The summed E-state index contributed by atoms with van der Waals surface area (Å²) in [4.78, 5) is 36.7. The van der Waals surface area contributed by atoms with Gasteiger partial charge >= 0.3 is 0 Å². The molecular weight excluding hydrogens is 370 g/mol. The minimum atomic E-state index is -0.167. The second-order valence-corrected chi connectivity index (χ2v) is 8.26. The van der Waals surface area contributed by atoms with Crippen LogP contribution in [0, 0.1) is 12.8 Å². The van der Waals surface area contributed by atoms with Crippen LogP contribution < -0.4 is 10.9 Å². The molecule has 0 atom stereocenters. The van der Waals surface area contributed by atoms with Crippen molar-refractivity contribution < 1.29 is 4.79 Å². The van der Waals surface area contributed by atoms with Crippen LogP contribution in [-0.2, 0) is 11.3 Å². The fraction of sp³-hybridized carbons (Fsp3) is 0.412. The van der Waals surface area contributed by atoms with Crippen molar-refractivity contribution in [1.29, 1.82) is 0 Å². The highest BCUT2D eigenvalue weighted by Gasteiger charge is 2.15. The first-order valence-electron chi connectivity index (χ1n) is 8.36. The lowest BCUT2D eigenvalue weighted by molar-refractivity contribution is -0.113. The van der Waals surface area contributed by atoms with Gasteiger partial charge in [0, 0.05) is 23.8 Å². The molecule has 0 bridgehead atoms. The number of nitrogens with one attached hydrogen (secondary N) is 2. The number of aryl methyl sites for hydroxylation is 1. The van der Waals surface area contributed by atoms with Crippen LogP contribution >= 0.6 is 23.1 Å². The first-order chi connectivity index (χ1) is 12.4. The van der Waals surface area contributed by atoms with Gasteiger partial charge in [0.15, 0.2) is 10.3 Å². The zero-order chi connectivity index (χ0) is 18.7. The third-order valence-corrected chi connectivity index (χ3v) is 5.44. The molecule has 0 unspecified atom stereocenters. The molecule has 26 heavy (non-hydrogen) atoms. The highest BCUT2D eigenvalue weighted by molar-refractivity contribution is 7.99. The quantitative estimate of drug-likeness (QED) is 0.476. The summed E-state index contributed by atoms with van der Waals surface area (Å²) in [5, 5.41) is 5.68. The minimum absolute atomic E-state index is 0.0911. The van der Waals surface area contributed by atoms with Gasteiger partial charge in [-0.3, -0.25) is 14.2 Å². The first kappa shape index (κ1) is 18.7. The highest BCUT2D eigenvalue weighted by Crippen LogP contribution is 2.20. The number of rotatable bonds is 7. The summed E-state index contributed by atoms with van der Waals surface area (Å²) in [5.74, 6) is 0.469. The SMILES string of the molecule is Cc1cc2nc(SCC(=O)Nc3nccs3)n(CCC(C)C)c(=O)c2[nH]1. The molecule has 0 aliphatic heterocycles. The summed E-state index contributed by atoms with van der Waals surface area (Å²) in [7, 11) is 0. The third kappa shape index (κ3) is 4.34. The number of hydrogen-bond donors (Lipinski definition) is 2. The molecule has 2 N–H and O–H groups in total. The number of anilines is 1. The molecule has 3 aromatic heterocycles. The van der Waals surface area contributed by atoms with Crippen LogP contribution in [-0.4, -0.2) is 31.2 Å². The Balaban J connectivity index is 1.83. The summed E-state index contributed by atoms with van der Waals surface area (Å²) < 4.78 is 1.67. The second kappa shape index (κ2) is 8.05. The van der Waals surface area contributed by atoms with Crippen LogP contribution in [0.5, 0.6) is 0 Å². The van der Waals surface area contributed by atoms with Gasteiger partial charge in [0.05, 0.1) is 11.3 Å². The number of amides is 1. The van der Waals surface area contributed by atoms with Crippen LogP contribution in [0.4, 0.5) is 5.13 Å². The zero-order valence-corrected chi connectivity index (χ0v) is 16.5. The molecular formula is C17H21N5O2S2. The van der Waals surface area contributed by atoms with Crippen molar-refractivity contribution in [2.75, 3.05) is 11.1 Å². The maximum atomic E-state index is 12.8. The molecule has 1 amide bonds. The normalized spacial score (nSPS) is 11.4. The Labute approximate surface area is 159 Å². The summed E-state index contributed by atoms with van der Waals surface area (Å²) in [6.45, 7) is 6.70. The number of aromatic nitrogens is 4. The van der Waals surface area contributed by atoms with E-state index < -0.39 is 0 Å². The van der Waals surface area contributed by atoms with E-state index in [0.29, 0.717) is 33.8 Å². The molecule has 0 aromatic carbocycles. The van der Waals surface area contributed by atoms with Crippen molar-refractivity contribution in [3.05, 3.63) is 33.7 Å². The first-order valence-corrected chi connectivity index (χ1v) is 10.2. The Bertz CT molecular complexity index is 960. The van der Waals surface area contributed by atoms with E-state index in [1.54, 1.807) is 16.1 Å². The van der Waals surface area contributed by atoms with E-state index in [1.807, 2.05) is 13.0 Å². The Morgan fingerprint density at radius 2 is 2.27 bits per heavy atom. The number of fused-ring (bicyclic) bond motifs is 1. The smallest absolute Gasteiger partial charge is 0.278 e. The molecule has 9 heteroatoms. The van der Waals surface area contributed by atoms with E-state index >= 15 is 0 Å².